The van der Waals surface area contributed by atoms with Gasteiger partial charge < -0.3 is 10.6 Å². The minimum Gasteiger partial charge on any atom is -0.315 e. The lowest BCUT2D eigenvalue weighted by Gasteiger charge is -2.17. The van der Waals surface area contributed by atoms with Crippen LogP contribution in [0.15, 0.2) is 18.2 Å². The predicted molar refractivity (Wildman–Crippen MR) is 59.3 cm³/mol. The fourth-order valence-electron chi connectivity index (χ4n) is 1.73. The van der Waals surface area contributed by atoms with Crippen LogP contribution in [-0.2, 0) is 17.8 Å². The van der Waals surface area contributed by atoms with E-state index in [1.807, 2.05) is 24.1 Å². The summed E-state index contributed by atoms with van der Waals surface area (Å²) in [4.78, 5) is 11.0. The molecule has 1 amide bonds. The third-order valence-corrected chi connectivity index (χ3v) is 2.48. The van der Waals surface area contributed by atoms with Crippen molar-refractivity contribution in [1.29, 1.82) is 0 Å². The molecule has 3 heteroatoms. The minimum atomic E-state index is -0.404. The lowest BCUT2D eigenvalue weighted by Crippen LogP contribution is -2.23. The quantitative estimate of drug-likeness (QED) is 0.661. The summed E-state index contributed by atoms with van der Waals surface area (Å²) in [6.07, 6.45) is 6.02. The molecular weight excluding hydrogens is 188 g/mol. The Bertz CT molecular complexity index is 432. The number of anilines is 1. The van der Waals surface area contributed by atoms with Crippen LogP contribution in [0, 0.1) is 12.3 Å². The number of terminal acetylenes is 1. The van der Waals surface area contributed by atoms with Gasteiger partial charge in [0.05, 0.1) is 0 Å². The second-order valence-corrected chi connectivity index (χ2v) is 3.51. The van der Waals surface area contributed by atoms with Gasteiger partial charge in [0.25, 0.3) is 5.91 Å². The van der Waals surface area contributed by atoms with Gasteiger partial charge in [-0.1, -0.05) is 6.07 Å². The highest BCUT2D eigenvalue weighted by Crippen LogP contribution is 2.18. The molecule has 1 aromatic rings. The highest BCUT2D eigenvalue weighted by Gasteiger charge is 2.09. The van der Waals surface area contributed by atoms with Crippen molar-refractivity contribution in [1.82, 2.24) is 5.32 Å². The molecule has 0 aromatic heterocycles. The van der Waals surface area contributed by atoms with Crippen LogP contribution < -0.4 is 10.6 Å². The van der Waals surface area contributed by atoms with Gasteiger partial charge >= 0.3 is 0 Å². The van der Waals surface area contributed by atoms with Gasteiger partial charge in [-0.25, -0.2) is 0 Å². The number of carbonyl (C=O) groups is 1. The summed E-state index contributed by atoms with van der Waals surface area (Å²) in [5, 5.41) is 5.92. The number of rotatable bonds is 1. The average Bonchev–Trinajstić information content (AvgIpc) is 2.29. The molecular formula is C12H12N2O. The Morgan fingerprint density at radius 2 is 2.33 bits per heavy atom. The van der Waals surface area contributed by atoms with Gasteiger partial charge in [0, 0.05) is 12.2 Å². The minimum absolute atomic E-state index is 0.404. The van der Waals surface area contributed by atoms with E-state index in [4.69, 9.17) is 6.42 Å². The summed E-state index contributed by atoms with van der Waals surface area (Å²) >= 11 is 0. The van der Waals surface area contributed by atoms with Crippen LogP contribution in [-0.4, -0.2) is 12.5 Å². The maximum Gasteiger partial charge on any atom is 0.300 e. The van der Waals surface area contributed by atoms with E-state index in [-0.39, 0.29) is 0 Å². The molecule has 0 atom stereocenters. The topological polar surface area (TPSA) is 41.1 Å². The molecule has 0 saturated carbocycles. The summed E-state index contributed by atoms with van der Waals surface area (Å²) in [7, 11) is 0. The van der Waals surface area contributed by atoms with Crippen LogP contribution in [0.1, 0.15) is 11.1 Å². The van der Waals surface area contributed by atoms with Crippen molar-refractivity contribution < 1.29 is 4.79 Å². The Hall–Kier alpha value is -1.79. The van der Waals surface area contributed by atoms with Crippen molar-refractivity contribution in [2.75, 3.05) is 11.9 Å². The van der Waals surface area contributed by atoms with Crippen molar-refractivity contribution in [2.24, 2.45) is 0 Å². The first kappa shape index (κ1) is 9.75. The molecule has 1 heterocycles. The Morgan fingerprint density at radius 1 is 1.47 bits per heavy atom. The van der Waals surface area contributed by atoms with Crippen LogP contribution in [0.3, 0.4) is 0 Å². The van der Waals surface area contributed by atoms with Crippen molar-refractivity contribution in [3.05, 3.63) is 29.3 Å². The van der Waals surface area contributed by atoms with E-state index in [1.165, 1.54) is 11.1 Å². The van der Waals surface area contributed by atoms with Gasteiger partial charge in [-0.2, -0.15) is 0 Å². The molecule has 2 N–H and O–H groups in total. The summed E-state index contributed by atoms with van der Waals surface area (Å²) in [6.45, 7) is 1.87. The van der Waals surface area contributed by atoms with Crippen molar-refractivity contribution in [3.63, 3.8) is 0 Å². The van der Waals surface area contributed by atoms with Crippen LogP contribution in [0.4, 0.5) is 5.69 Å². The fraction of sp³-hybridized carbons (Fsp3) is 0.250. The van der Waals surface area contributed by atoms with E-state index in [9.17, 15) is 4.79 Å². The second-order valence-electron chi connectivity index (χ2n) is 3.51. The van der Waals surface area contributed by atoms with E-state index >= 15 is 0 Å². The molecule has 15 heavy (non-hydrogen) atoms. The first-order chi connectivity index (χ1) is 7.29. The smallest absolute Gasteiger partial charge is 0.300 e. The van der Waals surface area contributed by atoms with Gasteiger partial charge in [0.1, 0.15) is 0 Å². The summed E-state index contributed by atoms with van der Waals surface area (Å²) in [6, 6.07) is 5.90. The monoisotopic (exact) mass is 200 g/mol. The van der Waals surface area contributed by atoms with E-state index in [0.29, 0.717) is 0 Å². The fourth-order valence-corrected chi connectivity index (χ4v) is 1.73. The maximum atomic E-state index is 11.0. The molecule has 0 unspecified atom stereocenters. The maximum absolute atomic E-state index is 11.0. The molecule has 1 aliphatic rings. The molecule has 0 radical (unpaired) electrons. The van der Waals surface area contributed by atoms with E-state index < -0.39 is 5.91 Å². The standard InChI is InChI=1S/C12H12N2O/c1-2-12(15)14-11-4-3-9-5-6-13-8-10(9)7-11/h1,3-4,7,13H,5-6,8H2,(H,14,15). The molecule has 1 aliphatic heterocycles. The van der Waals surface area contributed by atoms with Gasteiger partial charge in [0.15, 0.2) is 0 Å². The average molecular weight is 200 g/mol. The molecule has 1 aromatic carbocycles. The van der Waals surface area contributed by atoms with Gasteiger partial charge in [0.2, 0.25) is 0 Å². The molecule has 0 fully saturated rings. The SMILES string of the molecule is C#CC(=O)Nc1ccc2c(c1)CNCC2. The van der Waals surface area contributed by atoms with Crippen LogP contribution >= 0.6 is 0 Å². The third kappa shape index (κ3) is 2.17. The third-order valence-electron chi connectivity index (χ3n) is 2.48. The number of nitrogens with one attached hydrogen (secondary N) is 2. The highest BCUT2D eigenvalue weighted by atomic mass is 16.1. The van der Waals surface area contributed by atoms with Gasteiger partial charge in [-0.05, 0) is 42.1 Å². The van der Waals surface area contributed by atoms with E-state index in [2.05, 4.69) is 10.6 Å². The Labute approximate surface area is 88.9 Å². The number of carbonyl (C=O) groups excluding carboxylic acids is 1. The zero-order valence-electron chi connectivity index (χ0n) is 8.34. The lowest BCUT2D eigenvalue weighted by molar-refractivity contribution is -0.111. The number of hydrogen-bond donors (Lipinski definition) is 2. The summed E-state index contributed by atoms with van der Waals surface area (Å²) in [5.41, 5.74) is 3.34. The Morgan fingerprint density at radius 3 is 3.13 bits per heavy atom. The number of hydrogen-bond acceptors (Lipinski definition) is 2. The Balaban J connectivity index is 2.21. The second kappa shape index (κ2) is 4.16. The van der Waals surface area contributed by atoms with Gasteiger partial charge in [-0.3, -0.25) is 4.79 Å². The lowest BCUT2D eigenvalue weighted by atomic mass is 10.0. The first-order valence-corrected chi connectivity index (χ1v) is 4.90. The summed E-state index contributed by atoms with van der Waals surface area (Å²) < 4.78 is 0. The van der Waals surface area contributed by atoms with Crippen molar-refractivity contribution >= 4 is 11.6 Å². The molecule has 0 bridgehead atoms. The predicted octanol–water partition coefficient (Wildman–Crippen LogP) is 0.904. The van der Waals surface area contributed by atoms with E-state index in [0.717, 1.165) is 25.2 Å². The molecule has 2 rings (SSSR count). The van der Waals surface area contributed by atoms with Crippen molar-refractivity contribution in [3.8, 4) is 12.3 Å². The van der Waals surface area contributed by atoms with Gasteiger partial charge in [-0.15, -0.1) is 6.42 Å². The summed E-state index contributed by atoms with van der Waals surface area (Å²) in [5.74, 6) is 1.62. The molecule has 0 aliphatic carbocycles. The van der Waals surface area contributed by atoms with E-state index in [1.54, 1.807) is 0 Å². The zero-order valence-corrected chi connectivity index (χ0v) is 8.34. The first-order valence-electron chi connectivity index (χ1n) is 4.90. The number of benzene rings is 1. The highest BCUT2D eigenvalue weighted by molar-refractivity contribution is 6.03. The Kier molecular flexibility index (Phi) is 2.70. The zero-order chi connectivity index (χ0) is 10.7. The van der Waals surface area contributed by atoms with Crippen molar-refractivity contribution in [2.45, 2.75) is 13.0 Å². The largest absolute Gasteiger partial charge is 0.315 e. The van der Waals surface area contributed by atoms with Crippen LogP contribution in [0.5, 0.6) is 0 Å². The molecule has 3 nitrogen and oxygen atoms in total. The van der Waals surface area contributed by atoms with Crippen LogP contribution in [0.2, 0.25) is 0 Å². The number of fused-ring (bicyclic) bond motifs is 1. The van der Waals surface area contributed by atoms with Crippen LogP contribution in [0.25, 0.3) is 0 Å². The number of amides is 1. The molecule has 0 spiro atoms. The normalized spacial score (nSPS) is 13.8. The molecule has 76 valence electrons. The molecule has 0 saturated heterocycles.